The highest BCUT2D eigenvalue weighted by Gasteiger charge is 2.31. The first-order valence-electron chi connectivity index (χ1n) is 9.46. The number of rotatable bonds is 6. The second kappa shape index (κ2) is 9.17. The van der Waals surface area contributed by atoms with Crippen molar-refractivity contribution in [3.05, 3.63) is 71.8 Å². The quantitative estimate of drug-likeness (QED) is 0.805. The minimum Gasteiger partial charge on any atom is -0.480 e. The van der Waals surface area contributed by atoms with Crippen LogP contribution in [0.2, 0.25) is 0 Å². The molecule has 3 rings (SSSR count). The summed E-state index contributed by atoms with van der Waals surface area (Å²) in [7, 11) is 0. The Balaban J connectivity index is 1.62. The topological polar surface area (TPSA) is 86.7 Å². The summed E-state index contributed by atoms with van der Waals surface area (Å²) in [6, 6.07) is 17.2. The van der Waals surface area contributed by atoms with Crippen molar-refractivity contribution in [1.82, 2.24) is 10.2 Å². The van der Waals surface area contributed by atoms with Gasteiger partial charge in [-0.05, 0) is 30.5 Å². The van der Waals surface area contributed by atoms with Crippen molar-refractivity contribution < 1.29 is 19.5 Å². The van der Waals surface area contributed by atoms with Crippen LogP contribution in [0.5, 0.6) is 0 Å². The third-order valence-electron chi connectivity index (χ3n) is 5.00. The molecule has 2 amide bonds. The Kier molecular flexibility index (Phi) is 6.42. The van der Waals surface area contributed by atoms with Crippen molar-refractivity contribution in [3.63, 3.8) is 0 Å². The third kappa shape index (κ3) is 4.97. The van der Waals surface area contributed by atoms with Crippen molar-refractivity contribution in [3.8, 4) is 0 Å². The summed E-state index contributed by atoms with van der Waals surface area (Å²) in [4.78, 5) is 38.6. The van der Waals surface area contributed by atoms with Crippen molar-refractivity contribution in [2.24, 2.45) is 5.92 Å². The van der Waals surface area contributed by atoms with Crippen molar-refractivity contribution in [2.45, 2.75) is 25.3 Å². The highest BCUT2D eigenvalue weighted by Crippen LogP contribution is 2.19. The molecule has 6 nitrogen and oxygen atoms in total. The summed E-state index contributed by atoms with van der Waals surface area (Å²) in [5, 5.41) is 12.1. The van der Waals surface area contributed by atoms with Gasteiger partial charge in [0, 0.05) is 25.1 Å². The van der Waals surface area contributed by atoms with Gasteiger partial charge in [0.25, 0.3) is 5.91 Å². The Morgan fingerprint density at radius 1 is 1.04 bits per heavy atom. The SMILES string of the molecule is O=C(N[C@H](Cc1ccccc1)C(=O)O)C1CCCN(C(=O)c2ccccc2)C1. The van der Waals surface area contributed by atoms with E-state index in [1.807, 2.05) is 48.5 Å². The zero-order valence-corrected chi connectivity index (χ0v) is 15.6. The van der Waals surface area contributed by atoms with Crippen LogP contribution in [0.4, 0.5) is 0 Å². The zero-order chi connectivity index (χ0) is 19.9. The van der Waals surface area contributed by atoms with Gasteiger partial charge in [0.2, 0.25) is 5.91 Å². The number of hydrogen-bond donors (Lipinski definition) is 2. The average Bonchev–Trinajstić information content (AvgIpc) is 2.74. The molecular formula is C22H24N2O4. The van der Waals surface area contributed by atoms with Gasteiger partial charge in [0.15, 0.2) is 0 Å². The summed E-state index contributed by atoms with van der Waals surface area (Å²) >= 11 is 0. The van der Waals surface area contributed by atoms with Crippen LogP contribution < -0.4 is 5.32 Å². The molecule has 0 radical (unpaired) electrons. The van der Waals surface area contributed by atoms with Gasteiger partial charge in [-0.15, -0.1) is 0 Å². The molecule has 2 aromatic carbocycles. The largest absolute Gasteiger partial charge is 0.480 e. The summed E-state index contributed by atoms with van der Waals surface area (Å²) in [5.41, 5.74) is 1.44. The fraction of sp³-hybridized carbons (Fsp3) is 0.318. The lowest BCUT2D eigenvalue weighted by Gasteiger charge is -2.32. The highest BCUT2D eigenvalue weighted by molar-refractivity contribution is 5.94. The van der Waals surface area contributed by atoms with Crippen LogP contribution in [0.15, 0.2) is 60.7 Å². The van der Waals surface area contributed by atoms with Gasteiger partial charge in [-0.25, -0.2) is 4.79 Å². The lowest BCUT2D eigenvalue weighted by Crippen LogP contribution is -2.50. The van der Waals surface area contributed by atoms with Crippen LogP contribution in [0.3, 0.4) is 0 Å². The number of amides is 2. The summed E-state index contributed by atoms with van der Waals surface area (Å²) in [6.07, 6.45) is 1.58. The summed E-state index contributed by atoms with van der Waals surface area (Å²) in [5.74, 6) is -1.88. The first-order valence-corrected chi connectivity index (χ1v) is 9.46. The van der Waals surface area contributed by atoms with E-state index < -0.39 is 17.9 Å². The van der Waals surface area contributed by atoms with Crippen molar-refractivity contribution >= 4 is 17.8 Å². The van der Waals surface area contributed by atoms with E-state index in [9.17, 15) is 19.5 Å². The predicted molar refractivity (Wildman–Crippen MR) is 105 cm³/mol. The number of benzene rings is 2. The fourth-order valence-corrected chi connectivity index (χ4v) is 3.48. The molecule has 146 valence electrons. The number of nitrogens with zero attached hydrogens (tertiary/aromatic N) is 1. The number of carboxylic acid groups (broad SMARTS) is 1. The minimum atomic E-state index is -1.06. The molecule has 1 unspecified atom stereocenters. The van der Waals surface area contributed by atoms with Crippen molar-refractivity contribution in [1.29, 1.82) is 0 Å². The molecule has 0 bridgehead atoms. The van der Waals surface area contributed by atoms with Gasteiger partial charge in [-0.1, -0.05) is 48.5 Å². The molecule has 6 heteroatoms. The highest BCUT2D eigenvalue weighted by atomic mass is 16.4. The van der Waals surface area contributed by atoms with E-state index in [0.29, 0.717) is 31.5 Å². The second-order valence-electron chi connectivity index (χ2n) is 7.05. The number of carbonyl (C=O) groups excluding carboxylic acids is 2. The number of hydrogen-bond acceptors (Lipinski definition) is 3. The van der Waals surface area contributed by atoms with E-state index in [1.165, 1.54) is 0 Å². The van der Waals surface area contributed by atoms with Gasteiger partial charge < -0.3 is 15.3 Å². The molecule has 1 heterocycles. The first-order chi connectivity index (χ1) is 13.5. The van der Waals surface area contributed by atoms with E-state index in [4.69, 9.17) is 0 Å². The molecule has 0 saturated carbocycles. The monoisotopic (exact) mass is 380 g/mol. The van der Waals surface area contributed by atoms with Gasteiger partial charge in [0.05, 0.1) is 5.92 Å². The molecule has 0 aromatic heterocycles. The van der Waals surface area contributed by atoms with E-state index in [1.54, 1.807) is 17.0 Å². The maximum Gasteiger partial charge on any atom is 0.326 e. The van der Waals surface area contributed by atoms with E-state index in [2.05, 4.69) is 5.32 Å². The number of nitrogens with one attached hydrogen (secondary N) is 1. The van der Waals surface area contributed by atoms with Gasteiger partial charge in [0.1, 0.15) is 6.04 Å². The first kappa shape index (κ1) is 19.6. The van der Waals surface area contributed by atoms with Crippen LogP contribution >= 0.6 is 0 Å². The lowest BCUT2D eigenvalue weighted by molar-refractivity contribution is -0.142. The molecule has 1 saturated heterocycles. The van der Waals surface area contributed by atoms with Crippen LogP contribution in [-0.4, -0.2) is 46.9 Å². The smallest absolute Gasteiger partial charge is 0.326 e. The molecular weight excluding hydrogens is 356 g/mol. The third-order valence-corrected chi connectivity index (χ3v) is 5.00. The molecule has 28 heavy (non-hydrogen) atoms. The Morgan fingerprint density at radius 3 is 2.32 bits per heavy atom. The molecule has 1 aliphatic rings. The molecule has 2 N–H and O–H groups in total. The normalized spacial score (nSPS) is 17.6. The van der Waals surface area contributed by atoms with Gasteiger partial charge in [-0.3, -0.25) is 9.59 Å². The molecule has 2 atom stereocenters. The van der Waals surface area contributed by atoms with E-state index in [0.717, 1.165) is 5.56 Å². The molecule has 1 aliphatic heterocycles. The molecule has 1 fully saturated rings. The number of aliphatic carboxylic acids is 1. The maximum absolute atomic E-state index is 12.7. The lowest BCUT2D eigenvalue weighted by atomic mass is 9.95. The summed E-state index contributed by atoms with van der Waals surface area (Å²) in [6.45, 7) is 0.904. The zero-order valence-electron chi connectivity index (χ0n) is 15.6. The molecule has 0 aliphatic carbocycles. The number of carboxylic acids is 1. The average molecular weight is 380 g/mol. The van der Waals surface area contributed by atoms with Crippen LogP contribution in [-0.2, 0) is 16.0 Å². The minimum absolute atomic E-state index is 0.0998. The van der Waals surface area contributed by atoms with E-state index >= 15 is 0 Å². The molecule has 2 aromatic rings. The molecule has 0 spiro atoms. The van der Waals surface area contributed by atoms with Gasteiger partial charge >= 0.3 is 5.97 Å². The Hall–Kier alpha value is -3.15. The van der Waals surface area contributed by atoms with E-state index in [-0.39, 0.29) is 18.2 Å². The Morgan fingerprint density at radius 2 is 1.68 bits per heavy atom. The number of piperidine rings is 1. The van der Waals surface area contributed by atoms with Crippen LogP contribution in [0, 0.1) is 5.92 Å². The van der Waals surface area contributed by atoms with Gasteiger partial charge in [-0.2, -0.15) is 0 Å². The Labute approximate surface area is 164 Å². The van der Waals surface area contributed by atoms with Crippen LogP contribution in [0.25, 0.3) is 0 Å². The second-order valence-corrected chi connectivity index (χ2v) is 7.05. The number of likely N-dealkylation sites (tertiary alicyclic amines) is 1. The van der Waals surface area contributed by atoms with Crippen LogP contribution in [0.1, 0.15) is 28.8 Å². The Bertz CT molecular complexity index is 823. The summed E-state index contributed by atoms with van der Waals surface area (Å²) < 4.78 is 0. The number of carbonyl (C=O) groups is 3. The fourth-order valence-electron chi connectivity index (χ4n) is 3.48. The maximum atomic E-state index is 12.7. The standard InChI is InChI=1S/C22H24N2O4/c25-20(23-19(22(27)28)14-16-8-3-1-4-9-16)18-12-7-13-24(15-18)21(26)17-10-5-2-6-11-17/h1-6,8-11,18-19H,7,12-15H2,(H,23,25)(H,27,28)/t18?,19-/m1/s1. The van der Waals surface area contributed by atoms with Crippen molar-refractivity contribution in [2.75, 3.05) is 13.1 Å². The predicted octanol–water partition coefficient (Wildman–Crippen LogP) is 2.35.